The summed E-state index contributed by atoms with van der Waals surface area (Å²) in [6.07, 6.45) is 4.16. The van der Waals surface area contributed by atoms with Crippen molar-refractivity contribution >= 4 is 5.78 Å². The van der Waals surface area contributed by atoms with Gasteiger partial charge in [0.2, 0.25) is 0 Å². The largest absolute Gasteiger partial charge is 0.299 e. The summed E-state index contributed by atoms with van der Waals surface area (Å²) >= 11 is 0. The molecule has 1 heterocycles. The highest BCUT2D eigenvalue weighted by atomic mass is 16.1. The van der Waals surface area contributed by atoms with Gasteiger partial charge in [-0.05, 0) is 6.07 Å². The molecular weight excluding hydrogens is 164 g/mol. The zero-order chi connectivity index (χ0) is 9.90. The normalized spacial score (nSPS) is 11.6. The maximum atomic E-state index is 11.5. The Labute approximate surface area is 78.8 Å². The summed E-state index contributed by atoms with van der Waals surface area (Å²) in [5, 5.41) is 4.03. The van der Waals surface area contributed by atoms with Gasteiger partial charge in [-0.1, -0.05) is 20.8 Å². The molecule has 1 aromatic heterocycles. The van der Waals surface area contributed by atoms with Gasteiger partial charge in [0.1, 0.15) is 5.78 Å². The first-order valence-corrected chi connectivity index (χ1v) is 4.51. The van der Waals surface area contributed by atoms with Crippen LogP contribution < -0.4 is 0 Å². The minimum Gasteiger partial charge on any atom is -0.299 e. The molecule has 3 heteroatoms. The van der Waals surface area contributed by atoms with Crippen LogP contribution >= 0.6 is 0 Å². The summed E-state index contributed by atoms with van der Waals surface area (Å²) in [6, 6.07) is 1.86. The van der Waals surface area contributed by atoms with Crippen LogP contribution in [0.2, 0.25) is 0 Å². The van der Waals surface area contributed by atoms with Crippen LogP contribution in [0.1, 0.15) is 27.2 Å². The van der Waals surface area contributed by atoms with E-state index in [1.54, 1.807) is 10.9 Å². The van der Waals surface area contributed by atoms with Gasteiger partial charge in [-0.25, -0.2) is 0 Å². The van der Waals surface area contributed by atoms with Crippen molar-refractivity contribution in [1.29, 1.82) is 0 Å². The van der Waals surface area contributed by atoms with Gasteiger partial charge < -0.3 is 0 Å². The smallest absolute Gasteiger partial charge is 0.140 e. The zero-order valence-electron chi connectivity index (χ0n) is 8.45. The molecule has 0 unspecified atom stereocenters. The lowest BCUT2D eigenvalue weighted by Crippen LogP contribution is -2.21. The number of hydrogen-bond donors (Lipinski definition) is 0. The van der Waals surface area contributed by atoms with Crippen molar-refractivity contribution in [2.24, 2.45) is 5.41 Å². The van der Waals surface area contributed by atoms with Crippen molar-refractivity contribution < 1.29 is 4.79 Å². The van der Waals surface area contributed by atoms with Gasteiger partial charge in [0.25, 0.3) is 0 Å². The monoisotopic (exact) mass is 180 g/mol. The number of Topliss-reactive ketones (excluding diaryl/α,β-unsaturated/α-hetero) is 1. The van der Waals surface area contributed by atoms with Crippen molar-refractivity contribution in [3.63, 3.8) is 0 Å². The van der Waals surface area contributed by atoms with E-state index in [-0.39, 0.29) is 11.2 Å². The molecule has 0 spiro atoms. The van der Waals surface area contributed by atoms with Gasteiger partial charge in [0, 0.05) is 30.8 Å². The van der Waals surface area contributed by atoms with E-state index in [1.807, 2.05) is 33.0 Å². The third-order valence-electron chi connectivity index (χ3n) is 1.96. The molecule has 0 atom stereocenters. The van der Waals surface area contributed by atoms with Crippen LogP contribution in [0.4, 0.5) is 0 Å². The van der Waals surface area contributed by atoms with Gasteiger partial charge in [0.05, 0.1) is 0 Å². The molecule has 0 N–H and O–H groups in total. The van der Waals surface area contributed by atoms with E-state index >= 15 is 0 Å². The zero-order valence-corrected chi connectivity index (χ0v) is 8.45. The molecule has 1 aromatic rings. The number of rotatable bonds is 3. The van der Waals surface area contributed by atoms with Gasteiger partial charge in [-0.2, -0.15) is 5.10 Å². The average molecular weight is 180 g/mol. The Morgan fingerprint density at radius 3 is 2.62 bits per heavy atom. The Hall–Kier alpha value is -1.12. The molecule has 1 rings (SSSR count). The predicted molar refractivity (Wildman–Crippen MR) is 51.3 cm³/mol. The molecule has 0 aliphatic heterocycles. The second kappa shape index (κ2) is 3.73. The van der Waals surface area contributed by atoms with E-state index in [2.05, 4.69) is 5.10 Å². The first-order chi connectivity index (χ1) is 6.00. The summed E-state index contributed by atoms with van der Waals surface area (Å²) in [7, 11) is 0. The SMILES string of the molecule is CC(C)(C)C(=O)CCn1cccn1. The van der Waals surface area contributed by atoms with E-state index in [4.69, 9.17) is 0 Å². The summed E-state index contributed by atoms with van der Waals surface area (Å²) in [6.45, 7) is 6.51. The summed E-state index contributed by atoms with van der Waals surface area (Å²) < 4.78 is 1.78. The number of hydrogen-bond acceptors (Lipinski definition) is 2. The van der Waals surface area contributed by atoms with Gasteiger partial charge in [-0.15, -0.1) is 0 Å². The highest BCUT2D eigenvalue weighted by Gasteiger charge is 2.20. The fraction of sp³-hybridized carbons (Fsp3) is 0.600. The summed E-state index contributed by atoms with van der Waals surface area (Å²) in [5.41, 5.74) is -0.229. The third kappa shape index (κ3) is 3.01. The van der Waals surface area contributed by atoms with Crippen LogP contribution in [0.5, 0.6) is 0 Å². The second-order valence-electron chi connectivity index (χ2n) is 4.19. The van der Waals surface area contributed by atoms with Crippen LogP contribution in [0, 0.1) is 5.41 Å². The molecule has 0 saturated carbocycles. The van der Waals surface area contributed by atoms with Crippen LogP contribution in [0.15, 0.2) is 18.5 Å². The molecule has 0 aromatic carbocycles. The number of aromatic nitrogens is 2. The number of nitrogens with zero attached hydrogens (tertiary/aromatic N) is 2. The van der Waals surface area contributed by atoms with Crippen LogP contribution in [0.3, 0.4) is 0 Å². The third-order valence-corrected chi connectivity index (χ3v) is 1.96. The van der Waals surface area contributed by atoms with E-state index in [9.17, 15) is 4.79 Å². The summed E-state index contributed by atoms with van der Waals surface area (Å²) in [5.74, 6) is 0.281. The molecule has 0 saturated heterocycles. The van der Waals surface area contributed by atoms with Gasteiger partial charge >= 0.3 is 0 Å². The molecule has 3 nitrogen and oxygen atoms in total. The highest BCUT2D eigenvalue weighted by molar-refractivity contribution is 5.83. The average Bonchev–Trinajstić information content (AvgIpc) is 2.50. The van der Waals surface area contributed by atoms with E-state index in [1.165, 1.54) is 0 Å². The van der Waals surface area contributed by atoms with Crippen molar-refractivity contribution in [3.8, 4) is 0 Å². The predicted octanol–water partition coefficient (Wildman–Crippen LogP) is 1.89. The molecular formula is C10H16N2O. The molecule has 13 heavy (non-hydrogen) atoms. The number of carbonyl (C=O) groups is 1. The number of carbonyl (C=O) groups excluding carboxylic acids is 1. The van der Waals surface area contributed by atoms with Crippen LogP contribution in [-0.2, 0) is 11.3 Å². The first kappa shape index (κ1) is 9.96. The molecule has 0 fully saturated rings. The number of aryl methyl sites for hydroxylation is 1. The summed E-state index contributed by atoms with van der Waals surface area (Å²) in [4.78, 5) is 11.5. The Bertz CT molecular complexity index is 270. The fourth-order valence-corrected chi connectivity index (χ4v) is 1.02. The minimum absolute atomic E-state index is 0.229. The highest BCUT2D eigenvalue weighted by Crippen LogP contribution is 2.16. The lowest BCUT2D eigenvalue weighted by molar-refractivity contribution is -0.126. The van der Waals surface area contributed by atoms with E-state index in [0.29, 0.717) is 13.0 Å². The second-order valence-corrected chi connectivity index (χ2v) is 4.19. The molecule has 0 amide bonds. The fourth-order valence-electron chi connectivity index (χ4n) is 1.02. The Morgan fingerprint density at radius 2 is 2.15 bits per heavy atom. The molecule has 0 bridgehead atoms. The standard InChI is InChI=1S/C10H16N2O/c1-10(2,3)9(13)5-8-12-7-4-6-11-12/h4,6-7H,5,8H2,1-3H3. The topological polar surface area (TPSA) is 34.9 Å². The van der Waals surface area contributed by atoms with Gasteiger partial charge in [0.15, 0.2) is 0 Å². The number of ketones is 1. The van der Waals surface area contributed by atoms with E-state index < -0.39 is 0 Å². The van der Waals surface area contributed by atoms with Crippen molar-refractivity contribution in [2.45, 2.75) is 33.7 Å². The molecule has 72 valence electrons. The van der Waals surface area contributed by atoms with Crippen molar-refractivity contribution in [1.82, 2.24) is 9.78 Å². The molecule has 0 aliphatic carbocycles. The minimum atomic E-state index is -0.229. The maximum absolute atomic E-state index is 11.5. The quantitative estimate of drug-likeness (QED) is 0.712. The maximum Gasteiger partial charge on any atom is 0.140 e. The van der Waals surface area contributed by atoms with Crippen LogP contribution in [0.25, 0.3) is 0 Å². The Kier molecular flexibility index (Phi) is 2.86. The van der Waals surface area contributed by atoms with Crippen molar-refractivity contribution in [3.05, 3.63) is 18.5 Å². The Balaban J connectivity index is 2.40. The Morgan fingerprint density at radius 1 is 1.46 bits per heavy atom. The first-order valence-electron chi connectivity index (χ1n) is 4.51. The lowest BCUT2D eigenvalue weighted by Gasteiger charge is -2.16. The molecule has 0 radical (unpaired) electrons. The molecule has 0 aliphatic rings. The van der Waals surface area contributed by atoms with Gasteiger partial charge in [-0.3, -0.25) is 9.48 Å². The van der Waals surface area contributed by atoms with Crippen LogP contribution in [-0.4, -0.2) is 15.6 Å². The van der Waals surface area contributed by atoms with E-state index in [0.717, 1.165) is 0 Å². The van der Waals surface area contributed by atoms with Crippen molar-refractivity contribution in [2.75, 3.05) is 0 Å². The lowest BCUT2D eigenvalue weighted by atomic mass is 9.89.